The van der Waals surface area contributed by atoms with Crippen LogP contribution < -0.4 is 0 Å². The number of hydrogen-bond donors (Lipinski definition) is 1. The van der Waals surface area contributed by atoms with Gasteiger partial charge in [0.2, 0.25) is 0 Å². The van der Waals surface area contributed by atoms with Crippen LogP contribution in [0.3, 0.4) is 0 Å². The summed E-state index contributed by atoms with van der Waals surface area (Å²) in [7, 11) is 0. The third-order valence-corrected chi connectivity index (χ3v) is 4.48. The molecule has 1 heterocycles. The fourth-order valence-electron chi connectivity index (χ4n) is 3.35. The molecular weight excluding hydrogens is 220 g/mol. The molecule has 0 aromatic heterocycles. The van der Waals surface area contributed by atoms with Gasteiger partial charge in [0.05, 0.1) is 0 Å². The minimum Gasteiger partial charge on any atom is -0.352 e. The van der Waals surface area contributed by atoms with Crippen molar-refractivity contribution in [3.05, 3.63) is 35.4 Å². The van der Waals surface area contributed by atoms with Crippen LogP contribution in [0.4, 0.5) is 0 Å². The fraction of sp³-hybridized carbons (Fsp3) is 0.562. The molecule has 1 aromatic rings. The molecule has 3 rings (SSSR count). The Balaban J connectivity index is 1.57. The summed E-state index contributed by atoms with van der Waals surface area (Å²) in [6.07, 6.45) is 8.37. The van der Waals surface area contributed by atoms with Crippen molar-refractivity contribution in [1.82, 2.24) is 4.90 Å². The first-order valence-corrected chi connectivity index (χ1v) is 7.26. The van der Waals surface area contributed by atoms with Crippen molar-refractivity contribution < 1.29 is 0 Å². The summed E-state index contributed by atoms with van der Waals surface area (Å²) in [4.78, 5) is 2.25. The standard InChI is InChI=1S/C16H22N2/c17-16-15-9-5-4-8-14(15)12-18(16)11-10-13-6-2-1-3-7-13/h4-5,8-9,13,17H,1-3,6-7,10-12H2. The van der Waals surface area contributed by atoms with E-state index < -0.39 is 0 Å². The third-order valence-electron chi connectivity index (χ3n) is 4.48. The van der Waals surface area contributed by atoms with Crippen LogP contribution in [0, 0.1) is 11.3 Å². The Kier molecular flexibility index (Phi) is 3.35. The van der Waals surface area contributed by atoms with E-state index in [0.717, 1.165) is 30.4 Å². The highest BCUT2D eigenvalue weighted by Crippen LogP contribution is 2.28. The molecule has 1 saturated carbocycles. The van der Waals surface area contributed by atoms with Gasteiger partial charge in [-0.15, -0.1) is 0 Å². The van der Waals surface area contributed by atoms with Gasteiger partial charge in [-0.2, -0.15) is 0 Å². The maximum atomic E-state index is 8.23. The van der Waals surface area contributed by atoms with E-state index in [0.29, 0.717) is 0 Å². The van der Waals surface area contributed by atoms with Crippen LogP contribution in [0.1, 0.15) is 49.7 Å². The topological polar surface area (TPSA) is 27.1 Å². The highest BCUT2D eigenvalue weighted by Gasteiger charge is 2.24. The van der Waals surface area contributed by atoms with Crippen LogP contribution in [0.25, 0.3) is 0 Å². The second-order valence-corrected chi connectivity index (χ2v) is 5.72. The van der Waals surface area contributed by atoms with Gasteiger partial charge in [-0.05, 0) is 17.9 Å². The fourth-order valence-corrected chi connectivity index (χ4v) is 3.35. The van der Waals surface area contributed by atoms with Gasteiger partial charge in [0, 0.05) is 18.7 Å². The van der Waals surface area contributed by atoms with Gasteiger partial charge in [-0.3, -0.25) is 5.41 Å². The Bertz CT molecular complexity index is 432. The number of amidine groups is 1. The first-order chi connectivity index (χ1) is 8.84. The molecule has 1 aliphatic heterocycles. The summed E-state index contributed by atoms with van der Waals surface area (Å²) < 4.78 is 0. The average Bonchev–Trinajstić information content (AvgIpc) is 2.75. The molecule has 0 unspecified atom stereocenters. The van der Waals surface area contributed by atoms with E-state index in [-0.39, 0.29) is 0 Å². The summed E-state index contributed by atoms with van der Waals surface area (Å²) in [6, 6.07) is 8.36. The van der Waals surface area contributed by atoms with Crippen LogP contribution in [-0.4, -0.2) is 17.3 Å². The first-order valence-electron chi connectivity index (χ1n) is 7.26. The minimum atomic E-state index is 0.737. The van der Waals surface area contributed by atoms with Gasteiger partial charge in [0.15, 0.2) is 0 Å². The third kappa shape index (κ3) is 2.29. The zero-order valence-corrected chi connectivity index (χ0v) is 11.0. The van der Waals surface area contributed by atoms with Gasteiger partial charge in [-0.25, -0.2) is 0 Å². The van der Waals surface area contributed by atoms with Crippen molar-refractivity contribution in [2.45, 2.75) is 45.1 Å². The predicted molar refractivity (Wildman–Crippen MR) is 74.9 cm³/mol. The number of nitrogens with one attached hydrogen (secondary N) is 1. The zero-order valence-electron chi connectivity index (χ0n) is 11.0. The molecule has 2 heteroatoms. The molecule has 0 bridgehead atoms. The lowest BCUT2D eigenvalue weighted by Gasteiger charge is -2.25. The highest BCUT2D eigenvalue weighted by atomic mass is 15.2. The van der Waals surface area contributed by atoms with E-state index in [4.69, 9.17) is 5.41 Å². The summed E-state index contributed by atoms with van der Waals surface area (Å²) in [5.41, 5.74) is 2.47. The second kappa shape index (κ2) is 5.13. The molecule has 18 heavy (non-hydrogen) atoms. The lowest BCUT2D eigenvalue weighted by molar-refractivity contribution is 0.298. The Morgan fingerprint density at radius 3 is 2.67 bits per heavy atom. The normalized spacial score (nSPS) is 20.2. The summed E-state index contributed by atoms with van der Waals surface area (Å²) in [5, 5.41) is 8.23. The van der Waals surface area contributed by atoms with Crippen molar-refractivity contribution in [2.24, 2.45) is 5.92 Å². The monoisotopic (exact) mass is 242 g/mol. The van der Waals surface area contributed by atoms with E-state index in [1.54, 1.807) is 0 Å². The minimum absolute atomic E-state index is 0.737. The molecule has 2 nitrogen and oxygen atoms in total. The van der Waals surface area contributed by atoms with Gasteiger partial charge < -0.3 is 4.90 Å². The molecule has 0 radical (unpaired) electrons. The van der Waals surface area contributed by atoms with Gasteiger partial charge in [0.25, 0.3) is 0 Å². The number of rotatable bonds is 3. The Labute approximate surface area is 110 Å². The van der Waals surface area contributed by atoms with Crippen molar-refractivity contribution in [3.63, 3.8) is 0 Å². The van der Waals surface area contributed by atoms with Gasteiger partial charge >= 0.3 is 0 Å². The van der Waals surface area contributed by atoms with Gasteiger partial charge in [0.1, 0.15) is 5.84 Å². The molecule has 1 aliphatic carbocycles. The molecule has 0 amide bonds. The second-order valence-electron chi connectivity index (χ2n) is 5.72. The van der Waals surface area contributed by atoms with Crippen LogP contribution in [-0.2, 0) is 6.54 Å². The first kappa shape index (κ1) is 11.8. The van der Waals surface area contributed by atoms with Crippen LogP contribution in [0.2, 0.25) is 0 Å². The van der Waals surface area contributed by atoms with E-state index in [9.17, 15) is 0 Å². The molecule has 0 atom stereocenters. The molecular formula is C16H22N2. The maximum Gasteiger partial charge on any atom is 0.128 e. The van der Waals surface area contributed by atoms with Crippen molar-refractivity contribution >= 4 is 5.84 Å². The number of fused-ring (bicyclic) bond motifs is 1. The number of hydrogen-bond acceptors (Lipinski definition) is 1. The van der Waals surface area contributed by atoms with Gasteiger partial charge in [-0.1, -0.05) is 56.4 Å². The maximum absolute atomic E-state index is 8.23. The molecule has 96 valence electrons. The molecule has 1 aromatic carbocycles. The van der Waals surface area contributed by atoms with E-state index in [2.05, 4.69) is 23.1 Å². The van der Waals surface area contributed by atoms with Crippen molar-refractivity contribution in [2.75, 3.05) is 6.54 Å². The van der Waals surface area contributed by atoms with Crippen LogP contribution in [0.15, 0.2) is 24.3 Å². The SMILES string of the molecule is N=C1c2ccccc2CN1CCC1CCCCC1. The number of nitrogens with zero attached hydrogens (tertiary/aromatic N) is 1. The Morgan fingerprint density at radius 1 is 1.11 bits per heavy atom. The zero-order chi connectivity index (χ0) is 12.4. The summed E-state index contributed by atoms with van der Waals surface area (Å²) >= 11 is 0. The van der Waals surface area contributed by atoms with E-state index in [1.165, 1.54) is 44.1 Å². The predicted octanol–water partition coefficient (Wildman–Crippen LogP) is 3.80. The van der Waals surface area contributed by atoms with Crippen molar-refractivity contribution in [3.8, 4) is 0 Å². The molecule has 0 spiro atoms. The van der Waals surface area contributed by atoms with Crippen LogP contribution >= 0.6 is 0 Å². The molecule has 1 N–H and O–H groups in total. The summed E-state index contributed by atoms with van der Waals surface area (Å²) in [5.74, 6) is 1.65. The largest absolute Gasteiger partial charge is 0.352 e. The van der Waals surface area contributed by atoms with Crippen molar-refractivity contribution in [1.29, 1.82) is 5.41 Å². The quantitative estimate of drug-likeness (QED) is 0.857. The highest BCUT2D eigenvalue weighted by molar-refractivity contribution is 6.00. The Morgan fingerprint density at radius 2 is 1.89 bits per heavy atom. The Hall–Kier alpha value is -1.31. The van der Waals surface area contributed by atoms with Crippen LogP contribution in [0.5, 0.6) is 0 Å². The number of benzene rings is 1. The summed E-state index contributed by atoms with van der Waals surface area (Å²) in [6.45, 7) is 2.01. The lowest BCUT2D eigenvalue weighted by atomic mass is 9.87. The molecule has 1 fully saturated rings. The lowest BCUT2D eigenvalue weighted by Crippen LogP contribution is -2.27. The van der Waals surface area contributed by atoms with E-state index in [1.807, 2.05) is 6.07 Å². The molecule has 2 aliphatic rings. The average molecular weight is 242 g/mol. The molecule has 0 saturated heterocycles. The van der Waals surface area contributed by atoms with E-state index >= 15 is 0 Å². The smallest absolute Gasteiger partial charge is 0.128 e.